The van der Waals surface area contributed by atoms with Crippen molar-refractivity contribution in [2.45, 2.75) is 0 Å². The van der Waals surface area contributed by atoms with Gasteiger partial charge in [-0.05, 0) is 22.9 Å². The van der Waals surface area contributed by atoms with Crippen LogP contribution in [0, 0.1) is 0 Å². The molecule has 0 saturated carbocycles. The van der Waals surface area contributed by atoms with Crippen LogP contribution in [0.4, 0.5) is 17.3 Å². The van der Waals surface area contributed by atoms with Crippen molar-refractivity contribution in [1.29, 1.82) is 0 Å². The van der Waals surface area contributed by atoms with E-state index in [1.807, 2.05) is 35.0 Å². The molecule has 3 heterocycles. The quantitative estimate of drug-likeness (QED) is 0.346. The van der Waals surface area contributed by atoms with Crippen molar-refractivity contribution >= 4 is 35.9 Å². The van der Waals surface area contributed by atoms with E-state index in [9.17, 15) is 27.2 Å². The first kappa shape index (κ1) is 18.1. The molecule has 3 rings (SSSR count). The molecule has 126 valence electrons. The second kappa shape index (κ2) is 7.58. The lowest BCUT2D eigenvalue weighted by molar-refractivity contribution is 0.0696. The largest absolute Gasteiger partial charge is 0.673 e. The lowest BCUT2D eigenvalue weighted by Crippen LogP contribution is -2.02. The third kappa shape index (κ3) is 5.46. The molecule has 0 atom stereocenters. The van der Waals surface area contributed by atoms with Crippen LogP contribution in [0.3, 0.4) is 0 Å². The van der Waals surface area contributed by atoms with E-state index in [0.29, 0.717) is 11.5 Å². The summed E-state index contributed by atoms with van der Waals surface area (Å²) in [6, 6.07) is 10.8. The highest BCUT2D eigenvalue weighted by molar-refractivity contribution is 7.13. The Labute approximate surface area is 141 Å². The van der Waals surface area contributed by atoms with Crippen molar-refractivity contribution in [3.05, 3.63) is 52.7 Å². The number of hydrogen-bond acceptors (Lipinski definition) is 3. The molecule has 0 aromatic carbocycles. The maximum absolute atomic E-state index is 11.2. The normalized spacial score (nSPS) is 10.8. The molecule has 0 spiro atoms. The van der Waals surface area contributed by atoms with Gasteiger partial charge in [-0.3, -0.25) is 0 Å². The Balaban J connectivity index is 0.000000368. The van der Waals surface area contributed by atoms with Gasteiger partial charge in [0.2, 0.25) is 0 Å². The molecular formula is C14H9BF4O3S2. The van der Waals surface area contributed by atoms with Crippen molar-refractivity contribution in [3.8, 4) is 21.3 Å². The molecule has 0 amide bonds. The Hall–Kier alpha value is -2.20. The highest BCUT2D eigenvalue weighted by Crippen LogP contribution is 2.32. The van der Waals surface area contributed by atoms with Crippen molar-refractivity contribution in [1.82, 2.24) is 0 Å². The zero-order chi connectivity index (χ0) is 17.7. The SMILES string of the molecule is F[B-](F)(F)F.O=C(O)c1cc(-c2cccs2)[o+]c(-c2cccs2)c1. The number of thiophene rings is 2. The number of halogens is 4. The zero-order valence-corrected chi connectivity index (χ0v) is 13.4. The van der Waals surface area contributed by atoms with Crippen molar-refractivity contribution in [3.63, 3.8) is 0 Å². The summed E-state index contributed by atoms with van der Waals surface area (Å²) in [5, 5.41) is 13.1. The summed E-state index contributed by atoms with van der Waals surface area (Å²) in [6.45, 7) is 0. The molecule has 0 radical (unpaired) electrons. The Morgan fingerprint density at radius 3 is 1.67 bits per heavy atom. The number of hydrogen-bond donors (Lipinski definition) is 1. The highest BCUT2D eigenvalue weighted by atomic mass is 32.1. The minimum absolute atomic E-state index is 0.234. The fourth-order valence-corrected chi connectivity index (χ4v) is 3.06. The van der Waals surface area contributed by atoms with Crippen LogP contribution < -0.4 is 0 Å². The van der Waals surface area contributed by atoms with Crippen LogP contribution in [0.5, 0.6) is 0 Å². The van der Waals surface area contributed by atoms with E-state index >= 15 is 0 Å². The molecule has 0 bridgehead atoms. The molecule has 24 heavy (non-hydrogen) atoms. The van der Waals surface area contributed by atoms with E-state index in [0.717, 1.165) is 9.75 Å². The second-order valence-electron chi connectivity index (χ2n) is 4.33. The number of carboxylic acids is 1. The first-order valence-electron chi connectivity index (χ1n) is 6.40. The van der Waals surface area contributed by atoms with Crippen LogP contribution in [0.2, 0.25) is 0 Å². The van der Waals surface area contributed by atoms with Crippen LogP contribution >= 0.6 is 22.7 Å². The van der Waals surface area contributed by atoms with Gasteiger partial charge in [-0.15, -0.1) is 22.7 Å². The highest BCUT2D eigenvalue weighted by Gasteiger charge is 2.23. The van der Waals surface area contributed by atoms with E-state index in [4.69, 9.17) is 4.42 Å². The van der Waals surface area contributed by atoms with Crippen molar-refractivity contribution in [2.24, 2.45) is 0 Å². The Morgan fingerprint density at radius 2 is 1.38 bits per heavy atom. The van der Waals surface area contributed by atoms with Gasteiger partial charge in [-0.1, -0.05) is 12.1 Å². The molecular weight excluding hydrogens is 367 g/mol. The molecule has 3 aromatic heterocycles. The Bertz CT molecular complexity index is 744. The van der Waals surface area contributed by atoms with Gasteiger partial charge in [-0.2, -0.15) is 0 Å². The molecule has 0 aliphatic carbocycles. The molecule has 0 fully saturated rings. The monoisotopic (exact) mass is 376 g/mol. The Morgan fingerprint density at radius 1 is 0.958 bits per heavy atom. The average Bonchev–Trinajstić information content (AvgIpc) is 3.18. The topological polar surface area (TPSA) is 48.6 Å². The van der Waals surface area contributed by atoms with E-state index in [1.54, 1.807) is 12.1 Å². The summed E-state index contributed by atoms with van der Waals surface area (Å²) in [4.78, 5) is 13.0. The number of carboxylic acid groups (broad SMARTS) is 1. The van der Waals surface area contributed by atoms with Gasteiger partial charge >= 0.3 is 24.7 Å². The van der Waals surface area contributed by atoms with Crippen molar-refractivity contribution in [2.75, 3.05) is 0 Å². The van der Waals surface area contributed by atoms with Gasteiger partial charge in [0.05, 0.1) is 17.7 Å². The maximum atomic E-state index is 11.2. The summed E-state index contributed by atoms with van der Waals surface area (Å²) >= 11 is 3.04. The predicted octanol–water partition coefficient (Wildman–Crippen LogP) is 6.02. The first-order valence-corrected chi connectivity index (χ1v) is 8.16. The predicted molar refractivity (Wildman–Crippen MR) is 86.9 cm³/mol. The standard InChI is InChI=1S/C14H8O3S2.BF4/c15-14(16)9-7-10(12-3-1-5-18-12)17-11(8-9)13-4-2-6-19-13;2-1(3,4)5/h1-8H;/q;-1/p+1. The van der Waals surface area contributed by atoms with E-state index in [1.165, 1.54) is 22.7 Å². The van der Waals surface area contributed by atoms with Crippen LogP contribution in [0.1, 0.15) is 10.4 Å². The fourth-order valence-electron chi connectivity index (χ4n) is 1.71. The lowest BCUT2D eigenvalue weighted by Gasteiger charge is -1.94. The van der Waals surface area contributed by atoms with Crippen LogP contribution in [-0.2, 0) is 0 Å². The third-order valence-corrected chi connectivity index (χ3v) is 4.34. The fraction of sp³-hybridized carbons (Fsp3) is 0. The van der Waals surface area contributed by atoms with E-state index in [-0.39, 0.29) is 5.56 Å². The van der Waals surface area contributed by atoms with Gasteiger partial charge in [0, 0.05) is 0 Å². The van der Waals surface area contributed by atoms with Crippen LogP contribution in [0.15, 0.2) is 51.6 Å². The molecule has 0 unspecified atom stereocenters. The van der Waals surface area contributed by atoms with E-state index < -0.39 is 13.2 Å². The van der Waals surface area contributed by atoms with Gasteiger partial charge in [0.1, 0.15) is 9.75 Å². The second-order valence-corrected chi connectivity index (χ2v) is 6.22. The van der Waals surface area contributed by atoms with Gasteiger partial charge in [0.15, 0.2) is 0 Å². The maximum Gasteiger partial charge on any atom is 0.673 e. The van der Waals surface area contributed by atoms with Gasteiger partial charge < -0.3 is 22.4 Å². The zero-order valence-electron chi connectivity index (χ0n) is 11.8. The summed E-state index contributed by atoms with van der Waals surface area (Å²) in [5.41, 5.74) is 0.234. The molecule has 10 heteroatoms. The number of aromatic carboxylic acids is 1. The Kier molecular flexibility index (Phi) is 5.73. The minimum atomic E-state index is -6.00. The lowest BCUT2D eigenvalue weighted by atomic mass is 10.2. The summed E-state index contributed by atoms with van der Waals surface area (Å²) < 4.78 is 44.8. The molecule has 0 aliphatic rings. The van der Waals surface area contributed by atoms with Gasteiger partial charge in [0.25, 0.3) is 0 Å². The summed E-state index contributed by atoms with van der Waals surface area (Å²) in [5.74, 6) is 0.211. The summed E-state index contributed by atoms with van der Waals surface area (Å²) in [6.07, 6.45) is 0. The smallest absolute Gasteiger partial charge is 0.478 e. The molecule has 1 N–H and O–H groups in total. The van der Waals surface area contributed by atoms with Crippen LogP contribution in [-0.4, -0.2) is 18.3 Å². The number of rotatable bonds is 3. The van der Waals surface area contributed by atoms with Crippen LogP contribution in [0.25, 0.3) is 21.3 Å². The molecule has 0 saturated heterocycles. The molecule has 3 aromatic rings. The molecule has 0 aliphatic heterocycles. The number of carbonyl (C=O) groups is 1. The molecule has 3 nitrogen and oxygen atoms in total. The van der Waals surface area contributed by atoms with Gasteiger partial charge in [-0.25, -0.2) is 9.21 Å². The summed E-state index contributed by atoms with van der Waals surface area (Å²) in [7, 11) is -6.00. The minimum Gasteiger partial charge on any atom is -0.478 e. The first-order chi connectivity index (χ1) is 11.2. The van der Waals surface area contributed by atoms with Crippen molar-refractivity contribution < 1.29 is 31.6 Å². The van der Waals surface area contributed by atoms with E-state index in [2.05, 4.69) is 0 Å². The average molecular weight is 376 g/mol. The third-order valence-electron chi connectivity index (χ3n) is 2.57.